The number of rotatable bonds is 4. The number of carbonyl (C=O) groups is 1. The number of thiophene rings is 1. The largest absolute Gasteiger partial charge is 0.341 e. The van der Waals surface area contributed by atoms with E-state index in [0.29, 0.717) is 19.0 Å². The highest BCUT2D eigenvalue weighted by molar-refractivity contribution is 7.10. The van der Waals surface area contributed by atoms with Crippen LogP contribution in [-0.2, 0) is 23.2 Å². The Balaban J connectivity index is 1.42. The molecule has 1 spiro atoms. The number of fused-ring (bicyclic) bond motifs is 2. The Morgan fingerprint density at radius 2 is 1.97 bits per heavy atom. The van der Waals surface area contributed by atoms with E-state index >= 15 is 0 Å². The van der Waals surface area contributed by atoms with Gasteiger partial charge in [0.05, 0.1) is 12.1 Å². The third-order valence-corrected chi connectivity index (χ3v) is 7.38. The van der Waals surface area contributed by atoms with Crippen LogP contribution in [0.5, 0.6) is 0 Å². The van der Waals surface area contributed by atoms with E-state index in [1.54, 1.807) is 23.7 Å². The summed E-state index contributed by atoms with van der Waals surface area (Å²) in [5.74, 6) is 0.991. The Bertz CT molecular complexity index is 1040. The second-order valence-electron chi connectivity index (χ2n) is 8.90. The van der Waals surface area contributed by atoms with Gasteiger partial charge in [0.25, 0.3) is 0 Å². The highest BCUT2D eigenvalue weighted by Gasteiger charge is 2.45. The molecule has 7 nitrogen and oxygen atoms in total. The molecule has 3 aromatic heterocycles. The summed E-state index contributed by atoms with van der Waals surface area (Å²) in [4.78, 5) is 27.5. The van der Waals surface area contributed by atoms with Gasteiger partial charge in [-0.15, -0.1) is 11.3 Å². The van der Waals surface area contributed by atoms with E-state index in [1.165, 1.54) is 11.3 Å². The van der Waals surface area contributed by atoms with Crippen molar-refractivity contribution in [3.8, 4) is 0 Å². The van der Waals surface area contributed by atoms with Gasteiger partial charge in [-0.1, -0.05) is 6.07 Å². The first-order valence-corrected chi connectivity index (χ1v) is 11.8. The molecule has 5 heterocycles. The van der Waals surface area contributed by atoms with Gasteiger partial charge in [-0.25, -0.2) is 9.97 Å². The number of hydrogen-bond donors (Lipinski definition) is 0. The van der Waals surface area contributed by atoms with Crippen LogP contribution in [0.15, 0.2) is 42.2 Å². The summed E-state index contributed by atoms with van der Waals surface area (Å²) in [5, 5.41) is 7.06. The molecule has 1 saturated heterocycles. The summed E-state index contributed by atoms with van der Waals surface area (Å²) >= 11 is 1.65. The highest BCUT2D eigenvalue weighted by atomic mass is 32.1. The summed E-state index contributed by atoms with van der Waals surface area (Å²) in [6.45, 7) is 7.43. The Hall–Kier alpha value is -2.74. The molecule has 0 N–H and O–H groups in total. The van der Waals surface area contributed by atoms with Crippen molar-refractivity contribution in [3.05, 3.63) is 58.3 Å². The van der Waals surface area contributed by atoms with Gasteiger partial charge in [0.15, 0.2) is 0 Å². The Labute approximate surface area is 186 Å². The lowest BCUT2D eigenvalue weighted by atomic mass is 9.72. The maximum Gasteiger partial charge on any atom is 0.228 e. The second kappa shape index (κ2) is 8.07. The molecule has 0 aromatic carbocycles. The van der Waals surface area contributed by atoms with E-state index in [2.05, 4.69) is 44.5 Å². The molecule has 5 rings (SSSR count). The van der Waals surface area contributed by atoms with Crippen LogP contribution in [0, 0.1) is 0 Å². The van der Waals surface area contributed by atoms with Crippen molar-refractivity contribution < 1.29 is 4.79 Å². The van der Waals surface area contributed by atoms with Crippen molar-refractivity contribution in [2.45, 2.75) is 51.1 Å². The highest BCUT2D eigenvalue weighted by Crippen LogP contribution is 2.42. The molecule has 1 amide bonds. The SMILES string of the molecule is CC(C)n1cc2c(n1)C1(CCN(c3ncccn3)CC1)CN(C(=O)Cc1cccs1)C2. The van der Waals surface area contributed by atoms with Crippen molar-refractivity contribution in [1.29, 1.82) is 0 Å². The lowest BCUT2D eigenvalue weighted by Gasteiger charge is -2.46. The fraction of sp³-hybridized carbons (Fsp3) is 0.478. The first-order chi connectivity index (χ1) is 15.0. The molecule has 31 heavy (non-hydrogen) atoms. The number of piperidine rings is 1. The fourth-order valence-corrected chi connectivity index (χ4v) is 5.49. The zero-order valence-electron chi connectivity index (χ0n) is 18.1. The first kappa shape index (κ1) is 20.2. The molecule has 0 aliphatic carbocycles. The van der Waals surface area contributed by atoms with Gasteiger partial charge >= 0.3 is 0 Å². The predicted octanol–water partition coefficient (Wildman–Crippen LogP) is 3.44. The number of anilines is 1. The Morgan fingerprint density at radius 3 is 2.65 bits per heavy atom. The number of hydrogen-bond acceptors (Lipinski definition) is 6. The molecule has 0 atom stereocenters. The first-order valence-electron chi connectivity index (χ1n) is 10.9. The van der Waals surface area contributed by atoms with Crippen LogP contribution in [0.1, 0.15) is 48.9 Å². The minimum atomic E-state index is -0.107. The van der Waals surface area contributed by atoms with Gasteiger partial charge in [0.1, 0.15) is 0 Å². The predicted molar refractivity (Wildman–Crippen MR) is 121 cm³/mol. The van der Waals surface area contributed by atoms with Crippen molar-refractivity contribution in [3.63, 3.8) is 0 Å². The van der Waals surface area contributed by atoms with E-state index in [0.717, 1.165) is 43.3 Å². The van der Waals surface area contributed by atoms with Gasteiger partial charge in [0, 0.05) is 66.7 Å². The van der Waals surface area contributed by atoms with E-state index < -0.39 is 0 Å². The molecule has 162 valence electrons. The summed E-state index contributed by atoms with van der Waals surface area (Å²) in [7, 11) is 0. The van der Waals surface area contributed by atoms with E-state index in [9.17, 15) is 4.79 Å². The quantitative estimate of drug-likeness (QED) is 0.627. The smallest absolute Gasteiger partial charge is 0.228 e. The molecule has 2 aliphatic heterocycles. The van der Waals surface area contributed by atoms with Crippen LogP contribution in [0.4, 0.5) is 5.95 Å². The number of amides is 1. The van der Waals surface area contributed by atoms with Crippen LogP contribution >= 0.6 is 11.3 Å². The van der Waals surface area contributed by atoms with E-state index in [4.69, 9.17) is 5.10 Å². The van der Waals surface area contributed by atoms with Crippen LogP contribution in [0.25, 0.3) is 0 Å². The molecule has 1 fully saturated rings. The minimum Gasteiger partial charge on any atom is -0.341 e. The topological polar surface area (TPSA) is 67.2 Å². The monoisotopic (exact) mass is 436 g/mol. The average Bonchev–Trinajstić information content (AvgIpc) is 3.45. The van der Waals surface area contributed by atoms with E-state index in [-0.39, 0.29) is 11.3 Å². The molecular weight excluding hydrogens is 408 g/mol. The third kappa shape index (κ3) is 3.84. The standard InChI is InChI=1S/C23H28N6OS/c1-17(2)29-15-18-14-28(20(30)13-19-5-3-12-31-19)16-23(21(18)26-29)6-10-27(11-7-23)22-24-8-4-9-25-22/h3-5,8-9,12,15,17H,6-7,10-11,13-14,16H2,1-2H3. The average molecular weight is 437 g/mol. The Kier molecular flexibility index (Phi) is 5.25. The van der Waals surface area contributed by atoms with Gasteiger partial charge in [-0.2, -0.15) is 5.10 Å². The van der Waals surface area contributed by atoms with Gasteiger partial charge < -0.3 is 9.80 Å². The normalized spacial score (nSPS) is 17.9. The minimum absolute atomic E-state index is 0.107. The Morgan fingerprint density at radius 1 is 1.19 bits per heavy atom. The van der Waals surface area contributed by atoms with Gasteiger partial charge in [-0.3, -0.25) is 9.48 Å². The van der Waals surface area contributed by atoms with Gasteiger partial charge in [0.2, 0.25) is 11.9 Å². The molecule has 0 bridgehead atoms. The summed E-state index contributed by atoms with van der Waals surface area (Å²) < 4.78 is 2.06. The van der Waals surface area contributed by atoms with Crippen molar-refractivity contribution in [2.24, 2.45) is 0 Å². The van der Waals surface area contributed by atoms with Crippen LogP contribution < -0.4 is 4.90 Å². The summed E-state index contributed by atoms with van der Waals surface area (Å²) in [6.07, 6.45) is 8.10. The second-order valence-corrected chi connectivity index (χ2v) is 9.93. The summed E-state index contributed by atoms with van der Waals surface area (Å²) in [5.41, 5.74) is 2.28. The number of aromatic nitrogens is 4. The van der Waals surface area contributed by atoms with Crippen LogP contribution in [0.2, 0.25) is 0 Å². The third-order valence-electron chi connectivity index (χ3n) is 6.51. The lowest BCUT2D eigenvalue weighted by molar-refractivity contribution is -0.132. The molecule has 0 saturated carbocycles. The fourth-order valence-electron chi connectivity index (χ4n) is 4.79. The van der Waals surface area contributed by atoms with Crippen LogP contribution in [0.3, 0.4) is 0 Å². The number of carbonyl (C=O) groups excluding carboxylic acids is 1. The van der Waals surface area contributed by atoms with Crippen molar-refractivity contribution in [2.75, 3.05) is 24.5 Å². The molecule has 0 radical (unpaired) electrons. The maximum absolute atomic E-state index is 13.2. The van der Waals surface area contributed by atoms with E-state index in [1.807, 2.05) is 23.6 Å². The lowest BCUT2D eigenvalue weighted by Crippen LogP contribution is -2.53. The van der Waals surface area contributed by atoms with Crippen molar-refractivity contribution in [1.82, 2.24) is 24.6 Å². The zero-order chi connectivity index (χ0) is 21.4. The molecule has 3 aromatic rings. The number of nitrogens with zero attached hydrogens (tertiary/aromatic N) is 6. The van der Waals surface area contributed by atoms with Gasteiger partial charge in [-0.05, 0) is 44.2 Å². The van der Waals surface area contributed by atoms with Crippen LogP contribution in [-0.4, -0.2) is 50.2 Å². The zero-order valence-corrected chi connectivity index (χ0v) is 18.9. The van der Waals surface area contributed by atoms with Crippen molar-refractivity contribution >= 4 is 23.2 Å². The maximum atomic E-state index is 13.2. The molecular formula is C23H28N6OS. The molecule has 2 aliphatic rings. The molecule has 8 heteroatoms. The summed E-state index contributed by atoms with van der Waals surface area (Å²) in [6, 6.07) is 6.20. The molecule has 0 unspecified atom stereocenters.